The normalized spacial score (nSPS) is 20.0. The first kappa shape index (κ1) is 33.2. The van der Waals surface area contributed by atoms with Gasteiger partial charge < -0.3 is 24.0 Å². The molecule has 1 amide bonds. The third-order valence-corrected chi connectivity index (χ3v) is 14.1. The van der Waals surface area contributed by atoms with Gasteiger partial charge in [0.1, 0.15) is 30.0 Å². The molecule has 3 rings (SSSR count). The van der Waals surface area contributed by atoms with E-state index >= 15 is 0 Å². The van der Waals surface area contributed by atoms with Crippen LogP contribution in [0.15, 0.2) is 35.3 Å². The highest BCUT2D eigenvalue weighted by atomic mass is 33.1. The summed E-state index contributed by atoms with van der Waals surface area (Å²) in [6.07, 6.45) is 1.75. The van der Waals surface area contributed by atoms with Gasteiger partial charge >= 0.3 is 11.7 Å². The highest BCUT2D eigenvalue weighted by Crippen LogP contribution is 2.40. The van der Waals surface area contributed by atoms with Gasteiger partial charge in [-0.25, -0.2) is 9.59 Å². The lowest BCUT2D eigenvalue weighted by molar-refractivity contribution is -0.114. The van der Waals surface area contributed by atoms with E-state index < -0.39 is 38.4 Å². The van der Waals surface area contributed by atoms with Crippen molar-refractivity contribution in [2.75, 3.05) is 25.3 Å². The number of nitrogens with one attached hydrogen (secondary N) is 1. The van der Waals surface area contributed by atoms with E-state index in [0.29, 0.717) is 11.3 Å². The fraction of sp³-hybridized carbons (Fsp3) is 0.571. The zero-order valence-corrected chi connectivity index (χ0v) is 27.8. The van der Waals surface area contributed by atoms with Crippen LogP contribution in [0.25, 0.3) is 0 Å². The number of carbonyl (C=O) groups excluding carboxylic acids is 2. The fourth-order valence-corrected chi connectivity index (χ4v) is 6.90. The van der Waals surface area contributed by atoms with Crippen LogP contribution >= 0.6 is 21.6 Å². The summed E-state index contributed by atoms with van der Waals surface area (Å²) in [5, 5.41) is 2.49. The zero-order chi connectivity index (χ0) is 30.5. The number of anilines is 1. The highest BCUT2D eigenvalue weighted by molar-refractivity contribution is 8.76. The van der Waals surface area contributed by atoms with Gasteiger partial charge in [0, 0.05) is 24.8 Å². The third kappa shape index (κ3) is 8.37. The molecule has 13 heteroatoms. The van der Waals surface area contributed by atoms with Crippen molar-refractivity contribution in [3.05, 3.63) is 52.1 Å². The predicted octanol–water partition coefficient (Wildman–Crippen LogP) is 5.82. The molecule has 1 saturated heterocycles. The lowest BCUT2D eigenvalue weighted by Crippen LogP contribution is -2.44. The molecule has 0 spiro atoms. The first-order chi connectivity index (χ1) is 19.2. The molecule has 1 aliphatic rings. The average molecular weight is 624 g/mol. The summed E-state index contributed by atoms with van der Waals surface area (Å²) in [7, 11) is 2.70. The average Bonchev–Trinajstić information content (AvgIpc) is 3.28. The van der Waals surface area contributed by atoms with Crippen molar-refractivity contribution in [1.82, 2.24) is 9.55 Å². The van der Waals surface area contributed by atoms with Crippen molar-refractivity contribution in [3.63, 3.8) is 0 Å². The van der Waals surface area contributed by atoms with E-state index in [2.05, 4.69) is 44.2 Å². The second kappa shape index (κ2) is 13.8. The molecular weight excluding hydrogens is 583 g/mol. The maximum Gasteiger partial charge on any atom is 0.351 e. The Balaban J connectivity index is 1.90. The topological polar surface area (TPSA) is 118 Å². The van der Waals surface area contributed by atoms with Crippen molar-refractivity contribution in [2.45, 2.75) is 82.9 Å². The number of esters is 1. The van der Waals surface area contributed by atoms with Crippen LogP contribution in [0, 0.1) is 0 Å². The molecule has 0 radical (unpaired) electrons. The molecule has 0 aliphatic carbocycles. The number of rotatable bonds is 11. The monoisotopic (exact) mass is 623 g/mol. The summed E-state index contributed by atoms with van der Waals surface area (Å²) in [6, 6.07) is 6.85. The number of ether oxygens (including phenoxy) is 3. The number of methoxy groups -OCH3 is 1. The standard InChI is InChI=1S/C28H41N3O7S2Si/c1-17(40-39-7)21-14-19(35-6)10-11-20(21)26(33)38-22-15-25(31-13-12-24(29-18(2)32)30-27(31)34)37-23(22)16-36-41(8,9)28(3,4)5/h10-14,17,22-23,25H,15-16H2,1-9H3,(H,29,30,32,34)/t17?,22?,23-,25-/m1/s1. The second-order valence-corrected chi connectivity index (χ2v) is 19.0. The van der Waals surface area contributed by atoms with Crippen LogP contribution < -0.4 is 15.7 Å². The molecule has 0 bridgehead atoms. The number of nitrogens with zero attached hydrogens (tertiary/aromatic N) is 2. The summed E-state index contributed by atoms with van der Waals surface area (Å²) >= 11 is 0. The first-order valence-corrected chi connectivity index (χ1v) is 18.9. The summed E-state index contributed by atoms with van der Waals surface area (Å²) in [4.78, 5) is 41.8. The Labute approximate surface area is 250 Å². The van der Waals surface area contributed by atoms with Crippen LogP contribution in [-0.4, -0.2) is 61.9 Å². The Kier molecular flexibility index (Phi) is 11.1. The minimum atomic E-state index is -2.15. The highest BCUT2D eigenvalue weighted by Gasteiger charge is 2.43. The van der Waals surface area contributed by atoms with Gasteiger partial charge in [-0.15, -0.1) is 0 Å². The SMILES string of the molecule is COc1ccc(C(=O)OC2C[C@H](n3ccc(NC(C)=O)nc3=O)O[C@@H]2CO[Si](C)(C)C(C)(C)C)c(C(C)SSC)c1. The molecule has 1 fully saturated rings. The van der Waals surface area contributed by atoms with Crippen molar-refractivity contribution < 1.29 is 28.2 Å². The summed E-state index contributed by atoms with van der Waals surface area (Å²) in [5.41, 5.74) is 0.677. The quantitative estimate of drug-likeness (QED) is 0.186. The van der Waals surface area contributed by atoms with E-state index in [4.69, 9.17) is 18.6 Å². The lowest BCUT2D eigenvalue weighted by Gasteiger charge is -2.37. The van der Waals surface area contributed by atoms with E-state index in [-0.39, 0.29) is 35.0 Å². The number of hydrogen-bond acceptors (Lipinski definition) is 10. The summed E-state index contributed by atoms with van der Waals surface area (Å²) < 4.78 is 25.6. The Morgan fingerprint density at radius 1 is 1.27 bits per heavy atom. The van der Waals surface area contributed by atoms with Crippen LogP contribution in [0.5, 0.6) is 5.75 Å². The molecule has 10 nitrogen and oxygen atoms in total. The molecule has 1 aromatic carbocycles. The van der Waals surface area contributed by atoms with Gasteiger partial charge in [0.2, 0.25) is 5.91 Å². The smallest absolute Gasteiger partial charge is 0.351 e. The van der Waals surface area contributed by atoms with Crippen molar-refractivity contribution >= 4 is 47.6 Å². The van der Waals surface area contributed by atoms with Gasteiger partial charge in [-0.2, -0.15) is 4.98 Å². The Morgan fingerprint density at radius 2 is 1.98 bits per heavy atom. The lowest BCUT2D eigenvalue weighted by atomic mass is 10.0. The van der Waals surface area contributed by atoms with Gasteiger partial charge in [-0.05, 0) is 61.1 Å². The molecule has 2 aromatic rings. The zero-order valence-electron chi connectivity index (χ0n) is 25.2. The van der Waals surface area contributed by atoms with E-state index in [1.54, 1.807) is 40.8 Å². The van der Waals surface area contributed by atoms with Gasteiger partial charge in [-0.3, -0.25) is 9.36 Å². The van der Waals surface area contributed by atoms with Crippen LogP contribution in [0.1, 0.15) is 68.4 Å². The van der Waals surface area contributed by atoms with Crippen LogP contribution in [0.3, 0.4) is 0 Å². The van der Waals surface area contributed by atoms with Crippen LogP contribution in [-0.2, 0) is 18.7 Å². The number of hydrogen-bond donors (Lipinski definition) is 1. The minimum Gasteiger partial charge on any atom is -0.497 e. The van der Waals surface area contributed by atoms with E-state index in [1.807, 2.05) is 19.2 Å². The Bertz CT molecular complexity index is 1300. The molecule has 2 unspecified atom stereocenters. The molecule has 1 aromatic heterocycles. The van der Waals surface area contributed by atoms with E-state index in [1.165, 1.54) is 23.8 Å². The first-order valence-electron chi connectivity index (χ1n) is 13.4. The molecule has 226 valence electrons. The number of carbonyl (C=O) groups is 2. The molecular formula is C28H41N3O7S2Si. The van der Waals surface area contributed by atoms with Gasteiger partial charge in [0.15, 0.2) is 8.32 Å². The van der Waals surface area contributed by atoms with Crippen LogP contribution in [0.4, 0.5) is 5.82 Å². The molecule has 1 aliphatic heterocycles. The van der Waals surface area contributed by atoms with Gasteiger partial charge in [-0.1, -0.05) is 42.4 Å². The third-order valence-electron chi connectivity index (χ3n) is 7.46. The number of amides is 1. The van der Waals surface area contributed by atoms with Crippen LogP contribution in [0.2, 0.25) is 18.1 Å². The van der Waals surface area contributed by atoms with Crippen molar-refractivity contribution in [3.8, 4) is 5.75 Å². The molecule has 41 heavy (non-hydrogen) atoms. The van der Waals surface area contributed by atoms with Gasteiger partial charge in [0.05, 0.1) is 19.3 Å². The molecule has 4 atom stereocenters. The summed E-state index contributed by atoms with van der Waals surface area (Å²) in [5.74, 6) is 0.00500. The molecule has 0 saturated carbocycles. The fourth-order valence-electron chi connectivity index (χ4n) is 4.12. The van der Waals surface area contributed by atoms with Crippen molar-refractivity contribution in [2.24, 2.45) is 0 Å². The second-order valence-electron chi connectivity index (χ2n) is 11.4. The predicted molar refractivity (Wildman–Crippen MR) is 166 cm³/mol. The Hall–Kier alpha value is -2.32. The maximum atomic E-state index is 13.6. The largest absolute Gasteiger partial charge is 0.497 e. The Morgan fingerprint density at radius 3 is 2.56 bits per heavy atom. The number of benzene rings is 1. The van der Waals surface area contributed by atoms with Gasteiger partial charge in [0.25, 0.3) is 0 Å². The van der Waals surface area contributed by atoms with E-state index in [0.717, 1.165) is 5.56 Å². The summed E-state index contributed by atoms with van der Waals surface area (Å²) in [6.45, 7) is 14.3. The maximum absolute atomic E-state index is 13.6. The minimum absolute atomic E-state index is 0.0136. The van der Waals surface area contributed by atoms with E-state index in [9.17, 15) is 14.4 Å². The number of aromatic nitrogens is 2. The van der Waals surface area contributed by atoms with Crippen molar-refractivity contribution in [1.29, 1.82) is 0 Å². The molecule has 2 heterocycles. The molecule has 1 N–H and O–H groups in total.